The van der Waals surface area contributed by atoms with E-state index in [1.165, 1.54) is 19.2 Å². The highest BCUT2D eigenvalue weighted by Gasteiger charge is 2.49. The molecule has 3 amide bonds. The molecule has 1 aliphatic heterocycles. The summed E-state index contributed by atoms with van der Waals surface area (Å²) in [5.41, 5.74) is -0.0514. The van der Waals surface area contributed by atoms with Crippen molar-refractivity contribution in [2.75, 3.05) is 14.2 Å². The van der Waals surface area contributed by atoms with Gasteiger partial charge in [0.1, 0.15) is 11.3 Å². The van der Waals surface area contributed by atoms with Crippen LogP contribution in [0.3, 0.4) is 0 Å². The Hall–Kier alpha value is -3.61. The Bertz CT molecular complexity index is 1160. The summed E-state index contributed by atoms with van der Waals surface area (Å²) in [6, 6.07) is 15.1. The van der Waals surface area contributed by atoms with E-state index in [4.69, 9.17) is 9.47 Å². The van der Waals surface area contributed by atoms with Crippen LogP contribution in [0.5, 0.6) is 11.5 Å². The van der Waals surface area contributed by atoms with Crippen molar-refractivity contribution in [1.82, 2.24) is 10.2 Å². The fraction of sp³-hybridized carbons (Fsp3) is 0.217. The molecule has 0 aromatic heterocycles. The second kappa shape index (κ2) is 7.33. The van der Waals surface area contributed by atoms with Gasteiger partial charge in [-0.3, -0.25) is 9.69 Å². The second-order valence-electron chi connectivity index (χ2n) is 7.34. The minimum absolute atomic E-state index is 0.0358. The van der Waals surface area contributed by atoms with E-state index in [1.54, 1.807) is 20.1 Å². The predicted octanol–water partition coefficient (Wildman–Crippen LogP) is 3.96. The molecule has 1 heterocycles. The number of urea groups is 1. The van der Waals surface area contributed by atoms with Crippen molar-refractivity contribution in [2.24, 2.45) is 0 Å². The number of fused-ring (bicyclic) bond motifs is 1. The van der Waals surface area contributed by atoms with Gasteiger partial charge in [-0.15, -0.1) is 0 Å². The van der Waals surface area contributed by atoms with Gasteiger partial charge in [0, 0.05) is 0 Å². The molecule has 0 spiro atoms. The Kier molecular flexibility index (Phi) is 4.81. The normalized spacial score (nSPS) is 18.6. The molecule has 7 heteroatoms. The van der Waals surface area contributed by atoms with Crippen LogP contribution in [0.1, 0.15) is 18.1 Å². The summed E-state index contributed by atoms with van der Waals surface area (Å²) >= 11 is 0. The first-order chi connectivity index (χ1) is 14.4. The molecule has 30 heavy (non-hydrogen) atoms. The molecule has 1 aliphatic rings. The molecule has 1 atom stereocenters. The molecule has 0 bridgehead atoms. The predicted molar refractivity (Wildman–Crippen MR) is 110 cm³/mol. The Morgan fingerprint density at radius 1 is 0.967 bits per heavy atom. The maximum Gasteiger partial charge on any atom is 0.325 e. The van der Waals surface area contributed by atoms with E-state index in [-0.39, 0.29) is 12.3 Å². The van der Waals surface area contributed by atoms with E-state index >= 15 is 0 Å². The Balaban J connectivity index is 1.63. The number of carbonyl (C=O) groups is 2. The lowest BCUT2D eigenvalue weighted by molar-refractivity contribution is -0.131. The van der Waals surface area contributed by atoms with E-state index in [1.807, 2.05) is 36.4 Å². The Morgan fingerprint density at radius 3 is 2.40 bits per heavy atom. The zero-order valence-electron chi connectivity index (χ0n) is 16.9. The van der Waals surface area contributed by atoms with E-state index in [0.717, 1.165) is 21.4 Å². The summed E-state index contributed by atoms with van der Waals surface area (Å²) in [7, 11) is 2.98. The Labute approximate surface area is 173 Å². The number of hydrogen-bond donors (Lipinski definition) is 1. The summed E-state index contributed by atoms with van der Waals surface area (Å²) in [6.07, 6.45) is 0. The average Bonchev–Trinajstić information content (AvgIpc) is 2.97. The molecule has 1 N–H and O–H groups in total. The van der Waals surface area contributed by atoms with Gasteiger partial charge in [-0.25, -0.2) is 9.18 Å². The molecule has 1 unspecified atom stereocenters. The molecular formula is C23H21FN2O4. The first-order valence-corrected chi connectivity index (χ1v) is 9.40. The van der Waals surface area contributed by atoms with Gasteiger partial charge in [0.15, 0.2) is 11.6 Å². The van der Waals surface area contributed by atoms with Crippen LogP contribution in [0.2, 0.25) is 0 Å². The van der Waals surface area contributed by atoms with Gasteiger partial charge < -0.3 is 14.8 Å². The lowest BCUT2D eigenvalue weighted by Gasteiger charge is -2.23. The molecule has 4 rings (SSSR count). The third-order valence-corrected chi connectivity index (χ3v) is 5.46. The smallest absolute Gasteiger partial charge is 0.325 e. The van der Waals surface area contributed by atoms with Gasteiger partial charge in [-0.1, -0.05) is 24.3 Å². The van der Waals surface area contributed by atoms with Crippen LogP contribution < -0.4 is 14.8 Å². The third-order valence-electron chi connectivity index (χ3n) is 5.46. The van der Waals surface area contributed by atoms with Crippen LogP contribution in [-0.2, 0) is 16.9 Å². The monoisotopic (exact) mass is 408 g/mol. The summed E-state index contributed by atoms with van der Waals surface area (Å²) in [5.74, 6) is -0.0930. The van der Waals surface area contributed by atoms with E-state index in [2.05, 4.69) is 5.32 Å². The molecule has 0 radical (unpaired) electrons. The lowest BCUT2D eigenvalue weighted by Crippen LogP contribution is -2.40. The van der Waals surface area contributed by atoms with Crippen molar-refractivity contribution in [2.45, 2.75) is 19.0 Å². The molecule has 1 saturated heterocycles. The number of carbonyl (C=O) groups excluding carboxylic acids is 2. The maximum absolute atomic E-state index is 14.0. The largest absolute Gasteiger partial charge is 0.497 e. The van der Waals surface area contributed by atoms with Crippen molar-refractivity contribution in [3.05, 3.63) is 71.5 Å². The van der Waals surface area contributed by atoms with Crippen molar-refractivity contribution in [1.29, 1.82) is 0 Å². The second-order valence-corrected chi connectivity index (χ2v) is 7.34. The number of halogens is 1. The van der Waals surface area contributed by atoms with Gasteiger partial charge in [-0.2, -0.15) is 0 Å². The number of amides is 3. The molecule has 154 valence electrons. The first-order valence-electron chi connectivity index (χ1n) is 9.40. The van der Waals surface area contributed by atoms with Crippen molar-refractivity contribution >= 4 is 22.7 Å². The number of hydrogen-bond acceptors (Lipinski definition) is 4. The molecule has 6 nitrogen and oxygen atoms in total. The topological polar surface area (TPSA) is 67.9 Å². The van der Waals surface area contributed by atoms with Crippen molar-refractivity contribution in [3.8, 4) is 11.5 Å². The summed E-state index contributed by atoms with van der Waals surface area (Å²) in [5, 5.41) is 4.67. The standard InChI is InChI=1S/C23H21FN2O4/c1-23(17-7-5-16-12-18(29-2)8-6-15(16)11-17)21(27)26(22(28)25-23)13-14-4-9-20(30-3)19(24)10-14/h4-12H,13H2,1-3H3,(H,25,28). The van der Waals surface area contributed by atoms with Crippen LogP contribution in [0.25, 0.3) is 10.8 Å². The fourth-order valence-corrected chi connectivity index (χ4v) is 3.69. The van der Waals surface area contributed by atoms with Crippen LogP contribution in [0, 0.1) is 5.82 Å². The van der Waals surface area contributed by atoms with E-state index < -0.39 is 23.3 Å². The number of rotatable bonds is 5. The molecule has 0 aliphatic carbocycles. The van der Waals surface area contributed by atoms with Gasteiger partial charge in [0.2, 0.25) is 0 Å². The molecular weight excluding hydrogens is 387 g/mol. The number of imide groups is 1. The summed E-state index contributed by atoms with van der Waals surface area (Å²) in [6.45, 7) is 1.64. The van der Waals surface area contributed by atoms with Crippen LogP contribution in [0.4, 0.5) is 9.18 Å². The number of ether oxygens (including phenoxy) is 2. The van der Waals surface area contributed by atoms with Gasteiger partial charge in [0.05, 0.1) is 20.8 Å². The van der Waals surface area contributed by atoms with Crippen molar-refractivity contribution < 1.29 is 23.5 Å². The number of nitrogens with one attached hydrogen (secondary N) is 1. The highest BCUT2D eigenvalue weighted by atomic mass is 19.1. The fourth-order valence-electron chi connectivity index (χ4n) is 3.69. The summed E-state index contributed by atoms with van der Waals surface area (Å²) < 4.78 is 24.2. The highest BCUT2D eigenvalue weighted by molar-refractivity contribution is 6.07. The lowest BCUT2D eigenvalue weighted by atomic mass is 9.90. The SMILES string of the molecule is COc1ccc2cc(C3(C)NC(=O)N(Cc4ccc(OC)c(F)c4)C3=O)ccc2c1. The molecule has 0 saturated carbocycles. The van der Waals surface area contributed by atoms with Gasteiger partial charge in [0.25, 0.3) is 5.91 Å². The Morgan fingerprint density at radius 2 is 1.70 bits per heavy atom. The minimum Gasteiger partial charge on any atom is -0.497 e. The highest BCUT2D eigenvalue weighted by Crippen LogP contribution is 2.33. The molecule has 3 aromatic carbocycles. The zero-order valence-corrected chi connectivity index (χ0v) is 16.9. The third kappa shape index (κ3) is 3.22. The number of methoxy groups -OCH3 is 2. The van der Waals surface area contributed by atoms with Gasteiger partial charge in [-0.05, 0) is 59.2 Å². The minimum atomic E-state index is -1.21. The van der Waals surface area contributed by atoms with E-state index in [9.17, 15) is 14.0 Å². The zero-order chi connectivity index (χ0) is 21.5. The van der Waals surface area contributed by atoms with Crippen LogP contribution in [0.15, 0.2) is 54.6 Å². The number of nitrogens with zero attached hydrogens (tertiary/aromatic N) is 1. The average molecular weight is 408 g/mol. The molecule has 3 aromatic rings. The maximum atomic E-state index is 14.0. The summed E-state index contributed by atoms with van der Waals surface area (Å²) in [4.78, 5) is 26.9. The van der Waals surface area contributed by atoms with Crippen LogP contribution in [-0.4, -0.2) is 31.1 Å². The van der Waals surface area contributed by atoms with E-state index in [0.29, 0.717) is 11.1 Å². The van der Waals surface area contributed by atoms with Gasteiger partial charge >= 0.3 is 6.03 Å². The van der Waals surface area contributed by atoms with Crippen LogP contribution >= 0.6 is 0 Å². The first kappa shape index (κ1) is 19.7. The quantitative estimate of drug-likeness (QED) is 0.649. The van der Waals surface area contributed by atoms with Crippen molar-refractivity contribution in [3.63, 3.8) is 0 Å². The number of benzene rings is 3. The molecule has 1 fully saturated rings.